The Hall–Kier alpha value is -2.74. The molecule has 3 rings (SSSR count). The molecule has 0 fully saturated rings. The maximum atomic E-state index is 5.50. The number of likely N-dealkylation sites (N-methyl/N-ethyl adjacent to an activating group) is 1. The Morgan fingerprint density at radius 1 is 1.23 bits per heavy atom. The Labute approximate surface area is 179 Å². The first-order valence-electron chi connectivity index (χ1n) is 10.4. The van der Waals surface area contributed by atoms with E-state index in [0.29, 0.717) is 6.54 Å². The van der Waals surface area contributed by atoms with Crippen LogP contribution in [0.2, 0.25) is 0 Å². The molecule has 0 amide bonds. The molecule has 2 heterocycles. The summed E-state index contributed by atoms with van der Waals surface area (Å²) in [4.78, 5) is 9.49. The van der Waals surface area contributed by atoms with Gasteiger partial charge in [0.05, 0.1) is 33.0 Å². The largest absolute Gasteiger partial charge is 0.493 e. The number of rotatable bonds is 7. The minimum Gasteiger partial charge on any atom is -0.493 e. The van der Waals surface area contributed by atoms with Crippen molar-refractivity contribution in [3.63, 3.8) is 0 Å². The highest BCUT2D eigenvalue weighted by Crippen LogP contribution is 2.33. The summed E-state index contributed by atoms with van der Waals surface area (Å²) in [6, 6.07) is 4.36. The van der Waals surface area contributed by atoms with E-state index in [0.717, 1.165) is 43.5 Å². The van der Waals surface area contributed by atoms with E-state index in [2.05, 4.69) is 59.6 Å². The normalized spacial score (nSPS) is 15.2. The smallest absolute Gasteiger partial charge is 0.194 e. The van der Waals surface area contributed by atoms with Gasteiger partial charge >= 0.3 is 0 Å². The van der Waals surface area contributed by atoms with Crippen LogP contribution in [0.4, 0.5) is 0 Å². The van der Waals surface area contributed by atoms with Crippen LogP contribution in [0.3, 0.4) is 0 Å². The van der Waals surface area contributed by atoms with Crippen molar-refractivity contribution < 1.29 is 9.47 Å². The first-order chi connectivity index (χ1) is 14.5. The second kappa shape index (κ2) is 9.84. The molecule has 1 atom stereocenters. The highest BCUT2D eigenvalue weighted by molar-refractivity contribution is 5.80. The van der Waals surface area contributed by atoms with Crippen molar-refractivity contribution in [2.75, 3.05) is 47.9 Å². The number of hydrogen-bond acceptors (Lipinski definition) is 5. The molecule has 1 unspecified atom stereocenters. The summed E-state index contributed by atoms with van der Waals surface area (Å²) in [6.07, 6.45) is 4.92. The van der Waals surface area contributed by atoms with Crippen LogP contribution in [0.1, 0.15) is 29.7 Å². The number of aromatic nitrogens is 2. The predicted molar refractivity (Wildman–Crippen MR) is 119 cm³/mol. The zero-order valence-electron chi connectivity index (χ0n) is 19.0. The SMILES string of the molecule is CCNC(=NCC(c1cnn(C)c1)N(C)C)N1CCc2cc(OC)c(OC)cc2C1. The zero-order valence-corrected chi connectivity index (χ0v) is 19.0. The van der Waals surface area contributed by atoms with E-state index in [1.54, 1.807) is 14.2 Å². The number of ether oxygens (including phenoxy) is 2. The molecule has 0 saturated carbocycles. The third-order valence-electron chi connectivity index (χ3n) is 5.50. The lowest BCUT2D eigenvalue weighted by Gasteiger charge is -2.32. The lowest BCUT2D eigenvalue weighted by atomic mass is 9.99. The molecule has 0 radical (unpaired) electrons. The van der Waals surface area contributed by atoms with Crippen LogP contribution in [0.25, 0.3) is 0 Å². The highest BCUT2D eigenvalue weighted by atomic mass is 16.5. The maximum absolute atomic E-state index is 5.50. The van der Waals surface area contributed by atoms with Gasteiger partial charge in [-0.2, -0.15) is 5.10 Å². The number of nitrogens with zero attached hydrogens (tertiary/aromatic N) is 5. The van der Waals surface area contributed by atoms with E-state index in [1.807, 2.05) is 17.9 Å². The van der Waals surface area contributed by atoms with E-state index in [9.17, 15) is 0 Å². The molecule has 164 valence electrons. The summed E-state index contributed by atoms with van der Waals surface area (Å²) >= 11 is 0. The lowest BCUT2D eigenvalue weighted by Crippen LogP contribution is -2.44. The fourth-order valence-electron chi connectivity index (χ4n) is 3.84. The molecule has 8 heteroatoms. The molecule has 1 aromatic carbocycles. The second-order valence-electron chi connectivity index (χ2n) is 7.77. The second-order valence-corrected chi connectivity index (χ2v) is 7.77. The monoisotopic (exact) mass is 414 g/mol. The van der Waals surface area contributed by atoms with Crippen molar-refractivity contribution >= 4 is 5.96 Å². The van der Waals surface area contributed by atoms with Crippen LogP contribution in [0, 0.1) is 0 Å². The van der Waals surface area contributed by atoms with Gasteiger partial charge in [-0.05, 0) is 50.7 Å². The van der Waals surface area contributed by atoms with Gasteiger partial charge in [0.25, 0.3) is 0 Å². The van der Waals surface area contributed by atoms with E-state index >= 15 is 0 Å². The molecular weight excluding hydrogens is 380 g/mol. The van der Waals surface area contributed by atoms with Crippen molar-refractivity contribution in [2.24, 2.45) is 12.0 Å². The van der Waals surface area contributed by atoms with Gasteiger partial charge in [-0.3, -0.25) is 9.67 Å². The number of fused-ring (bicyclic) bond motifs is 1. The van der Waals surface area contributed by atoms with E-state index in [1.165, 1.54) is 16.7 Å². The van der Waals surface area contributed by atoms with Crippen molar-refractivity contribution in [2.45, 2.75) is 25.9 Å². The van der Waals surface area contributed by atoms with Crippen LogP contribution < -0.4 is 14.8 Å². The molecule has 1 aliphatic heterocycles. The average Bonchev–Trinajstić information content (AvgIpc) is 3.17. The lowest BCUT2D eigenvalue weighted by molar-refractivity contribution is 0.303. The van der Waals surface area contributed by atoms with Gasteiger partial charge in [-0.15, -0.1) is 0 Å². The Morgan fingerprint density at radius 2 is 1.93 bits per heavy atom. The Morgan fingerprint density at radius 3 is 2.50 bits per heavy atom. The fourth-order valence-corrected chi connectivity index (χ4v) is 3.84. The van der Waals surface area contributed by atoms with Crippen LogP contribution in [-0.4, -0.2) is 73.5 Å². The summed E-state index contributed by atoms with van der Waals surface area (Å²) in [6.45, 7) is 5.30. The molecule has 8 nitrogen and oxygen atoms in total. The summed E-state index contributed by atoms with van der Waals surface area (Å²) in [5.74, 6) is 2.49. The van der Waals surface area contributed by atoms with Gasteiger partial charge in [0.15, 0.2) is 17.5 Å². The number of methoxy groups -OCH3 is 2. The molecule has 0 saturated heterocycles. The highest BCUT2D eigenvalue weighted by Gasteiger charge is 2.23. The summed E-state index contributed by atoms with van der Waals surface area (Å²) < 4.78 is 12.8. The Kier molecular flexibility index (Phi) is 7.20. The Bertz CT molecular complexity index is 877. The molecule has 2 aromatic rings. The topological polar surface area (TPSA) is 67.2 Å². The van der Waals surface area contributed by atoms with Gasteiger partial charge in [0.2, 0.25) is 0 Å². The molecule has 0 bridgehead atoms. The summed E-state index contributed by atoms with van der Waals surface area (Å²) in [5.41, 5.74) is 3.73. The number of nitrogens with one attached hydrogen (secondary N) is 1. The van der Waals surface area contributed by atoms with E-state index in [-0.39, 0.29) is 6.04 Å². The van der Waals surface area contributed by atoms with Gasteiger partial charge in [0.1, 0.15) is 0 Å². The molecular formula is C22H34N6O2. The third-order valence-corrected chi connectivity index (χ3v) is 5.50. The molecule has 30 heavy (non-hydrogen) atoms. The van der Waals surface area contributed by atoms with Crippen LogP contribution in [0.5, 0.6) is 11.5 Å². The van der Waals surface area contributed by atoms with Crippen molar-refractivity contribution in [1.82, 2.24) is 24.9 Å². The van der Waals surface area contributed by atoms with Crippen LogP contribution in [0.15, 0.2) is 29.5 Å². The number of aryl methyl sites for hydroxylation is 1. The zero-order chi connectivity index (χ0) is 21.7. The predicted octanol–water partition coefficient (Wildman–Crippen LogP) is 2.06. The number of benzene rings is 1. The van der Waals surface area contributed by atoms with Crippen LogP contribution >= 0.6 is 0 Å². The quantitative estimate of drug-likeness (QED) is 0.553. The third kappa shape index (κ3) is 4.87. The van der Waals surface area contributed by atoms with Gasteiger partial charge in [-0.25, -0.2) is 0 Å². The van der Waals surface area contributed by atoms with Crippen molar-refractivity contribution in [1.29, 1.82) is 0 Å². The van der Waals surface area contributed by atoms with Crippen LogP contribution in [-0.2, 0) is 20.0 Å². The van der Waals surface area contributed by atoms with E-state index in [4.69, 9.17) is 14.5 Å². The minimum absolute atomic E-state index is 0.175. The number of aliphatic imine (C=N–C) groups is 1. The average molecular weight is 415 g/mol. The Balaban J connectivity index is 1.81. The molecule has 1 aliphatic rings. The standard InChI is InChI=1S/C22H34N6O2/c1-7-23-22(24-13-19(26(2)3)18-12-25-27(4)14-18)28-9-8-16-10-20(29-5)21(30-6)11-17(16)15-28/h10-12,14,19H,7-9,13,15H2,1-6H3,(H,23,24). The fraction of sp³-hybridized carbons (Fsp3) is 0.545. The molecule has 1 N–H and O–H groups in total. The first kappa shape index (κ1) is 22.0. The first-order valence-corrected chi connectivity index (χ1v) is 10.4. The van der Waals surface area contributed by atoms with Gasteiger partial charge in [-0.1, -0.05) is 0 Å². The maximum Gasteiger partial charge on any atom is 0.194 e. The molecule has 0 aliphatic carbocycles. The minimum atomic E-state index is 0.175. The molecule has 0 spiro atoms. The number of hydrogen-bond donors (Lipinski definition) is 1. The van der Waals surface area contributed by atoms with Crippen molar-refractivity contribution in [3.8, 4) is 11.5 Å². The summed E-state index contributed by atoms with van der Waals surface area (Å²) in [7, 11) is 9.46. The van der Waals surface area contributed by atoms with E-state index < -0.39 is 0 Å². The summed E-state index contributed by atoms with van der Waals surface area (Å²) in [5, 5.41) is 7.79. The van der Waals surface area contributed by atoms with Gasteiger partial charge in [0, 0.05) is 38.4 Å². The van der Waals surface area contributed by atoms with Crippen molar-refractivity contribution in [3.05, 3.63) is 41.2 Å². The van der Waals surface area contributed by atoms with Gasteiger partial charge < -0.3 is 24.6 Å². The molecule has 1 aromatic heterocycles. The number of guanidine groups is 1.